The lowest BCUT2D eigenvalue weighted by Gasteiger charge is -2.07. The minimum Gasteiger partial charge on any atom is -0.497 e. The summed E-state index contributed by atoms with van der Waals surface area (Å²) in [6, 6.07) is 13.9. The summed E-state index contributed by atoms with van der Waals surface area (Å²) in [7, 11) is 0. The molecule has 0 radical (unpaired) electrons. The summed E-state index contributed by atoms with van der Waals surface area (Å²) in [6.45, 7) is 7.92. The van der Waals surface area contributed by atoms with Gasteiger partial charge in [-0.2, -0.15) is 0 Å². The topological polar surface area (TPSA) is 44.8 Å². The molecule has 0 spiro atoms. The Morgan fingerprint density at radius 1 is 0.957 bits per heavy atom. The van der Waals surface area contributed by atoms with E-state index in [0.717, 1.165) is 5.56 Å². The number of carbonyl (C=O) groups excluding carboxylic acids is 1. The highest BCUT2D eigenvalue weighted by molar-refractivity contribution is 5.91. The van der Waals surface area contributed by atoms with Crippen LogP contribution in [0, 0.1) is 0 Å². The van der Waals surface area contributed by atoms with Crippen LogP contribution in [-0.4, -0.2) is 12.6 Å². The maximum Gasteiger partial charge on any atom is 0.343 e. The minimum absolute atomic E-state index is 0.416. The number of benzene rings is 2. The van der Waals surface area contributed by atoms with Crippen LogP contribution in [0.15, 0.2) is 74.0 Å². The third kappa shape index (κ3) is 5.04. The molecule has 0 aliphatic rings. The van der Waals surface area contributed by atoms with E-state index in [4.69, 9.17) is 14.2 Å². The molecule has 4 nitrogen and oxygen atoms in total. The van der Waals surface area contributed by atoms with Gasteiger partial charge in [0.25, 0.3) is 0 Å². The van der Waals surface area contributed by atoms with Gasteiger partial charge in [0.1, 0.15) is 24.7 Å². The van der Waals surface area contributed by atoms with Gasteiger partial charge in [0, 0.05) is 0 Å². The van der Waals surface area contributed by atoms with Gasteiger partial charge < -0.3 is 14.2 Å². The van der Waals surface area contributed by atoms with Crippen molar-refractivity contribution in [3.8, 4) is 11.5 Å². The first-order chi connectivity index (χ1) is 11.2. The number of hydrogen-bond donors (Lipinski definition) is 0. The van der Waals surface area contributed by atoms with Gasteiger partial charge in [-0.05, 0) is 42.0 Å². The Morgan fingerprint density at radius 3 is 2.22 bits per heavy atom. The zero-order valence-corrected chi connectivity index (χ0v) is 12.7. The summed E-state index contributed by atoms with van der Waals surface area (Å²) >= 11 is 0. The van der Waals surface area contributed by atoms with Crippen LogP contribution in [0.4, 0.5) is 0 Å². The van der Waals surface area contributed by atoms with Gasteiger partial charge in [-0.25, -0.2) is 4.79 Å². The van der Waals surface area contributed by atoms with E-state index in [1.54, 1.807) is 42.5 Å². The first kappa shape index (κ1) is 16.4. The summed E-state index contributed by atoms with van der Waals surface area (Å²) in [6.07, 6.45) is 3.04. The lowest BCUT2D eigenvalue weighted by molar-refractivity contribution is 0.0734. The van der Waals surface area contributed by atoms with Crippen molar-refractivity contribution in [1.29, 1.82) is 0 Å². The second-order valence-electron chi connectivity index (χ2n) is 4.64. The third-order valence-corrected chi connectivity index (χ3v) is 2.96. The average molecular weight is 310 g/mol. The molecular formula is C19H18O4. The molecule has 2 aromatic rings. The first-order valence-electron chi connectivity index (χ1n) is 7.10. The van der Waals surface area contributed by atoms with Gasteiger partial charge in [0.05, 0.1) is 11.8 Å². The van der Waals surface area contributed by atoms with Crippen molar-refractivity contribution in [3.05, 3.63) is 85.2 Å². The molecule has 118 valence electrons. The molecule has 4 heteroatoms. The van der Waals surface area contributed by atoms with Crippen molar-refractivity contribution >= 4 is 5.97 Å². The fourth-order valence-corrected chi connectivity index (χ4v) is 1.82. The van der Waals surface area contributed by atoms with Crippen LogP contribution in [-0.2, 0) is 11.3 Å². The Labute approximate surface area is 135 Å². The van der Waals surface area contributed by atoms with E-state index in [2.05, 4.69) is 13.2 Å². The van der Waals surface area contributed by atoms with Gasteiger partial charge in [-0.3, -0.25) is 0 Å². The highest BCUT2D eigenvalue weighted by Gasteiger charge is 2.08. The molecule has 0 aliphatic carbocycles. The Kier molecular flexibility index (Phi) is 6.00. The van der Waals surface area contributed by atoms with E-state index in [-0.39, 0.29) is 0 Å². The fraction of sp³-hybridized carbons (Fsp3) is 0.105. The second kappa shape index (κ2) is 8.44. The zero-order valence-electron chi connectivity index (χ0n) is 12.7. The maximum atomic E-state index is 12.1. The molecule has 0 heterocycles. The standard InChI is InChI=1S/C19H18O4/c1-3-13-22-17-9-11-18(12-10-17)23-19(20)16-7-5-15(6-8-16)14-21-4-2/h3-12H,1-2,13-14H2. The Balaban J connectivity index is 1.95. The summed E-state index contributed by atoms with van der Waals surface area (Å²) in [5, 5.41) is 0. The predicted molar refractivity (Wildman–Crippen MR) is 88.5 cm³/mol. The summed E-state index contributed by atoms with van der Waals surface area (Å²) in [4.78, 5) is 12.1. The molecule has 23 heavy (non-hydrogen) atoms. The molecule has 2 aromatic carbocycles. The van der Waals surface area contributed by atoms with Gasteiger partial charge in [-0.15, -0.1) is 0 Å². The lowest BCUT2D eigenvalue weighted by Crippen LogP contribution is -2.08. The van der Waals surface area contributed by atoms with E-state index < -0.39 is 5.97 Å². The number of carbonyl (C=O) groups is 1. The van der Waals surface area contributed by atoms with Crippen molar-refractivity contribution < 1.29 is 19.0 Å². The van der Waals surface area contributed by atoms with Crippen LogP contribution >= 0.6 is 0 Å². The number of hydrogen-bond acceptors (Lipinski definition) is 4. The molecule has 0 fully saturated rings. The van der Waals surface area contributed by atoms with Crippen molar-refractivity contribution in [2.24, 2.45) is 0 Å². The predicted octanol–water partition coefficient (Wildman–Crippen LogP) is 4.13. The van der Waals surface area contributed by atoms with Gasteiger partial charge in [-0.1, -0.05) is 31.4 Å². The molecule has 0 aromatic heterocycles. The van der Waals surface area contributed by atoms with Crippen LogP contribution in [0.1, 0.15) is 15.9 Å². The number of esters is 1. The van der Waals surface area contributed by atoms with Crippen molar-refractivity contribution in [2.75, 3.05) is 6.61 Å². The Morgan fingerprint density at radius 2 is 1.61 bits per heavy atom. The van der Waals surface area contributed by atoms with E-state index in [1.807, 2.05) is 12.1 Å². The molecular weight excluding hydrogens is 292 g/mol. The first-order valence-corrected chi connectivity index (χ1v) is 7.10. The molecule has 0 aliphatic heterocycles. The quantitative estimate of drug-likeness (QED) is 0.318. The second-order valence-corrected chi connectivity index (χ2v) is 4.64. The van der Waals surface area contributed by atoms with Crippen molar-refractivity contribution in [2.45, 2.75) is 6.61 Å². The van der Waals surface area contributed by atoms with E-state index >= 15 is 0 Å². The Hall–Kier alpha value is -3.01. The summed E-state index contributed by atoms with van der Waals surface area (Å²) in [5.41, 5.74) is 1.42. The van der Waals surface area contributed by atoms with E-state index in [1.165, 1.54) is 6.26 Å². The molecule has 0 saturated carbocycles. The molecule has 0 atom stereocenters. The largest absolute Gasteiger partial charge is 0.497 e. The summed E-state index contributed by atoms with van der Waals surface area (Å²) in [5.74, 6) is 0.734. The average Bonchev–Trinajstić information content (AvgIpc) is 2.59. The molecule has 0 saturated heterocycles. The normalized spacial score (nSPS) is 9.74. The summed E-state index contributed by atoms with van der Waals surface area (Å²) < 4.78 is 15.8. The lowest BCUT2D eigenvalue weighted by atomic mass is 10.1. The number of rotatable bonds is 8. The SMILES string of the molecule is C=CCOc1ccc(OC(=O)c2ccc(COC=C)cc2)cc1. The van der Waals surface area contributed by atoms with Crippen LogP contribution in [0.5, 0.6) is 11.5 Å². The molecule has 2 rings (SSSR count). The van der Waals surface area contributed by atoms with Crippen LogP contribution in [0.25, 0.3) is 0 Å². The maximum absolute atomic E-state index is 12.1. The molecule has 0 unspecified atom stereocenters. The molecule has 0 bridgehead atoms. The highest BCUT2D eigenvalue weighted by atomic mass is 16.5. The van der Waals surface area contributed by atoms with Gasteiger partial charge >= 0.3 is 5.97 Å². The molecule has 0 amide bonds. The van der Waals surface area contributed by atoms with Crippen LogP contribution in [0.3, 0.4) is 0 Å². The highest BCUT2D eigenvalue weighted by Crippen LogP contribution is 2.19. The van der Waals surface area contributed by atoms with Gasteiger partial charge in [0.15, 0.2) is 0 Å². The van der Waals surface area contributed by atoms with Crippen LogP contribution in [0.2, 0.25) is 0 Å². The zero-order chi connectivity index (χ0) is 16.5. The smallest absolute Gasteiger partial charge is 0.343 e. The Bertz CT molecular complexity index is 657. The van der Waals surface area contributed by atoms with Crippen molar-refractivity contribution in [3.63, 3.8) is 0 Å². The fourth-order valence-electron chi connectivity index (χ4n) is 1.82. The number of ether oxygens (including phenoxy) is 3. The minimum atomic E-state index is -0.416. The van der Waals surface area contributed by atoms with Crippen molar-refractivity contribution in [1.82, 2.24) is 0 Å². The molecule has 0 N–H and O–H groups in total. The van der Waals surface area contributed by atoms with Crippen LogP contribution < -0.4 is 9.47 Å². The monoisotopic (exact) mass is 310 g/mol. The third-order valence-electron chi connectivity index (χ3n) is 2.96. The van der Waals surface area contributed by atoms with Gasteiger partial charge in [0.2, 0.25) is 0 Å². The van der Waals surface area contributed by atoms with E-state index in [9.17, 15) is 4.79 Å². The van der Waals surface area contributed by atoms with E-state index in [0.29, 0.717) is 30.3 Å².